The Balaban J connectivity index is 2.54. The van der Waals surface area contributed by atoms with E-state index in [1.807, 2.05) is 0 Å². The Labute approximate surface area is 71.5 Å². The molecule has 1 N–H and O–H groups in total. The van der Waals surface area contributed by atoms with E-state index in [-0.39, 0.29) is 23.8 Å². The van der Waals surface area contributed by atoms with E-state index >= 15 is 0 Å². The molecule has 72 valence electrons. The van der Waals surface area contributed by atoms with Gasteiger partial charge in [-0.25, -0.2) is 8.42 Å². The van der Waals surface area contributed by atoms with Crippen molar-refractivity contribution in [3.63, 3.8) is 0 Å². The first-order valence-electron chi connectivity index (χ1n) is 3.99. The standard InChI is InChI=1S/C7H13FO3S/c8-3-1-6-2-4-12(10,11)5-7(6)9/h6-7,9H,1-5H2. The van der Waals surface area contributed by atoms with E-state index in [9.17, 15) is 17.9 Å². The molecule has 1 heterocycles. The van der Waals surface area contributed by atoms with Crippen molar-refractivity contribution in [1.29, 1.82) is 0 Å². The van der Waals surface area contributed by atoms with Crippen LogP contribution in [0, 0.1) is 5.92 Å². The largest absolute Gasteiger partial charge is 0.392 e. The van der Waals surface area contributed by atoms with Gasteiger partial charge < -0.3 is 5.11 Å². The predicted molar refractivity (Wildman–Crippen MR) is 43.4 cm³/mol. The minimum Gasteiger partial charge on any atom is -0.392 e. The van der Waals surface area contributed by atoms with Crippen LogP contribution < -0.4 is 0 Å². The monoisotopic (exact) mass is 196 g/mol. The van der Waals surface area contributed by atoms with Gasteiger partial charge >= 0.3 is 0 Å². The van der Waals surface area contributed by atoms with Gasteiger partial charge in [0.05, 0.1) is 24.3 Å². The lowest BCUT2D eigenvalue weighted by atomic mass is 9.97. The SMILES string of the molecule is O=S1(=O)CCC(CCF)C(O)C1. The van der Waals surface area contributed by atoms with Gasteiger partial charge in [-0.2, -0.15) is 0 Å². The van der Waals surface area contributed by atoms with Crippen molar-refractivity contribution in [2.75, 3.05) is 18.2 Å². The molecule has 0 aromatic rings. The average Bonchev–Trinajstić information content (AvgIpc) is 1.94. The van der Waals surface area contributed by atoms with Gasteiger partial charge in [-0.1, -0.05) is 0 Å². The first-order valence-corrected chi connectivity index (χ1v) is 5.82. The van der Waals surface area contributed by atoms with Crippen molar-refractivity contribution in [3.05, 3.63) is 0 Å². The molecule has 0 bridgehead atoms. The molecule has 0 aromatic carbocycles. The van der Waals surface area contributed by atoms with Crippen LogP contribution in [0.3, 0.4) is 0 Å². The zero-order chi connectivity index (χ0) is 9.19. The van der Waals surface area contributed by atoms with Crippen molar-refractivity contribution in [3.8, 4) is 0 Å². The van der Waals surface area contributed by atoms with Gasteiger partial charge in [-0.05, 0) is 18.8 Å². The molecule has 1 fully saturated rings. The first kappa shape index (κ1) is 9.92. The van der Waals surface area contributed by atoms with Crippen molar-refractivity contribution in [2.45, 2.75) is 18.9 Å². The molecule has 1 aliphatic rings. The van der Waals surface area contributed by atoms with Crippen LogP contribution in [-0.2, 0) is 9.84 Å². The highest BCUT2D eigenvalue weighted by atomic mass is 32.2. The van der Waals surface area contributed by atoms with Gasteiger partial charge in [-0.3, -0.25) is 4.39 Å². The summed E-state index contributed by atoms with van der Waals surface area (Å²) in [6.07, 6.45) is -0.191. The Morgan fingerprint density at radius 3 is 2.67 bits per heavy atom. The summed E-state index contributed by atoms with van der Waals surface area (Å²) in [5, 5.41) is 9.29. The maximum atomic E-state index is 11.9. The van der Waals surface area contributed by atoms with Crippen molar-refractivity contribution >= 4 is 9.84 Å². The van der Waals surface area contributed by atoms with Gasteiger partial charge in [0.2, 0.25) is 0 Å². The quantitative estimate of drug-likeness (QED) is 0.683. The number of halogens is 1. The molecule has 0 spiro atoms. The minimum absolute atomic E-state index is 0.0920. The number of rotatable bonds is 2. The van der Waals surface area contributed by atoms with E-state index in [0.29, 0.717) is 6.42 Å². The Morgan fingerprint density at radius 1 is 1.50 bits per heavy atom. The van der Waals surface area contributed by atoms with Gasteiger partial charge in [-0.15, -0.1) is 0 Å². The summed E-state index contributed by atoms with van der Waals surface area (Å²) in [5.41, 5.74) is 0. The number of sulfone groups is 1. The molecule has 0 aromatic heterocycles. The number of hydrogen-bond acceptors (Lipinski definition) is 3. The number of aliphatic hydroxyl groups excluding tert-OH is 1. The van der Waals surface area contributed by atoms with Crippen LogP contribution in [0.15, 0.2) is 0 Å². The normalized spacial score (nSPS) is 34.8. The molecular weight excluding hydrogens is 183 g/mol. The van der Waals surface area contributed by atoms with E-state index in [1.165, 1.54) is 0 Å². The summed E-state index contributed by atoms with van der Waals surface area (Å²) < 4.78 is 33.8. The van der Waals surface area contributed by atoms with Gasteiger partial charge in [0.25, 0.3) is 0 Å². The Hall–Kier alpha value is -0.160. The van der Waals surface area contributed by atoms with Crippen LogP contribution in [0.25, 0.3) is 0 Å². The zero-order valence-electron chi connectivity index (χ0n) is 6.74. The second-order valence-corrected chi connectivity index (χ2v) is 5.44. The Morgan fingerprint density at radius 2 is 2.17 bits per heavy atom. The number of aliphatic hydroxyl groups is 1. The smallest absolute Gasteiger partial charge is 0.152 e. The second kappa shape index (κ2) is 3.70. The second-order valence-electron chi connectivity index (χ2n) is 3.21. The van der Waals surface area contributed by atoms with Crippen LogP contribution in [-0.4, -0.2) is 37.8 Å². The maximum Gasteiger partial charge on any atom is 0.152 e. The summed E-state index contributed by atoms with van der Waals surface area (Å²) in [7, 11) is -3.06. The molecule has 2 atom stereocenters. The average molecular weight is 196 g/mol. The first-order chi connectivity index (χ1) is 5.55. The summed E-state index contributed by atoms with van der Waals surface area (Å²) in [6, 6.07) is 0. The number of hydrogen-bond donors (Lipinski definition) is 1. The molecule has 0 amide bonds. The van der Waals surface area contributed by atoms with Gasteiger partial charge in [0, 0.05) is 0 Å². The molecule has 0 radical (unpaired) electrons. The molecule has 1 aliphatic heterocycles. The van der Waals surface area contributed by atoms with Crippen LogP contribution in [0.2, 0.25) is 0 Å². The highest BCUT2D eigenvalue weighted by Crippen LogP contribution is 2.22. The van der Waals surface area contributed by atoms with Gasteiger partial charge in [0.15, 0.2) is 9.84 Å². The fourth-order valence-corrected chi connectivity index (χ4v) is 3.10. The summed E-state index contributed by atoms with van der Waals surface area (Å²) >= 11 is 0. The topological polar surface area (TPSA) is 54.4 Å². The van der Waals surface area contributed by atoms with E-state index in [1.54, 1.807) is 0 Å². The van der Waals surface area contributed by atoms with Gasteiger partial charge in [0.1, 0.15) is 0 Å². The molecule has 0 saturated carbocycles. The van der Waals surface area contributed by atoms with Crippen LogP contribution in [0.4, 0.5) is 4.39 Å². The molecular formula is C7H13FO3S. The molecule has 2 unspecified atom stereocenters. The molecule has 0 aliphatic carbocycles. The minimum atomic E-state index is -3.06. The summed E-state index contributed by atoms with van der Waals surface area (Å²) in [4.78, 5) is 0. The fraction of sp³-hybridized carbons (Fsp3) is 1.00. The van der Waals surface area contributed by atoms with E-state index in [2.05, 4.69) is 0 Å². The Bertz CT molecular complexity index is 237. The number of alkyl halides is 1. The fourth-order valence-electron chi connectivity index (χ4n) is 1.48. The summed E-state index contributed by atoms with van der Waals surface area (Å²) in [5.74, 6) is -0.273. The van der Waals surface area contributed by atoms with Crippen LogP contribution in [0.1, 0.15) is 12.8 Å². The molecule has 12 heavy (non-hydrogen) atoms. The highest BCUT2D eigenvalue weighted by molar-refractivity contribution is 7.91. The third kappa shape index (κ3) is 2.42. The lowest BCUT2D eigenvalue weighted by Crippen LogP contribution is -2.37. The van der Waals surface area contributed by atoms with E-state index < -0.39 is 22.6 Å². The lowest BCUT2D eigenvalue weighted by molar-refractivity contribution is 0.110. The summed E-state index contributed by atoms with van der Waals surface area (Å²) in [6.45, 7) is -0.484. The lowest BCUT2D eigenvalue weighted by Gasteiger charge is -2.26. The zero-order valence-corrected chi connectivity index (χ0v) is 7.56. The van der Waals surface area contributed by atoms with E-state index in [0.717, 1.165) is 0 Å². The predicted octanol–water partition coefficient (Wildman–Crippen LogP) is 0.142. The van der Waals surface area contributed by atoms with Crippen molar-refractivity contribution in [2.24, 2.45) is 5.92 Å². The highest BCUT2D eigenvalue weighted by Gasteiger charge is 2.31. The maximum absolute atomic E-state index is 11.9. The molecule has 5 heteroatoms. The van der Waals surface area contributed by atoms with Crippen molar-refractivity contribution in [1.82, 2.24) is 0 Å². The third-order valence-electron chi connectivity index (χ3n) is 2.25. The Kier molecular flexibility index (Phi) is 3.06. The molecule has 1 saturated heterocycles. The van der Waals surface area contributed by atoms with Crippen LogP contribution in [0.5, 0.6) is 0 Å². The molecule has 3 nitrogen and oxygen atoms in total. The van der Waals surface area contributed by atoms with E-state index in [4.69, 9.17) is 0 Å². The molecule has 1 rings (SSSR count). The third-order valence-corrected chi connectivity index (χ3v) is 3.96. The van der Waals surface area contributed by atoms with Crippen LogP contribution >= 0.6 is 0 Å². The van der Waals surface area contributed by atoms with Crippen molar-refractivity contribution < 1.29 is 17.9 Å².